The van der Waals surface area contributed by atoms with E-state index in [4.69, 9.17) is 4.42 Å². The van der Waals surface area contributed by atoms with Crippen LogP contribution in [0.15, 0.2) is 58.5 Å². The van der Waals surface area contributed by atoms with Gasteiger partial charge in [-0.1, -0.05) is 30.3 Å². The third-order valence-electron chi connectivity index (χ3n) is 3.11. The maximum absolute atomic E-state index is 12.1. The van der Waals surface area contributed by atoms with Crippen LogP contribution in [0.2, 0.25) is 0 Å². The Labute approximate surface area is 142 Å². The minimum atomic E-state index is -0.123. The second kappa shape index (κ2) is 7.99. The van der Waals surface area contributed by atoms with Gasteiger partial charge in [-0.15, -0.1) is 11.3 Å². The largest absolute Gasteiger partial charge is 0.468 e. The van der Waals surface area contributed by atoms with E-state index in [0.29, 0.717) is 12.2 Å². The smallest absolute Gasteiger partial charge is 0.270 e. The number of rotatable bonds is 7. The van der Waals surface area contributed by atoms with Crippen molar-refractivity contribution < 1.29 is 9.21 Å². The van der Waals surface area contributed by atoms with Gasteiger partial charge in [-0.2, -0.15) is 11.8 Å². The lowest BCUT2D eigenvalue weighted by Crippen LogP contribution is -2.26. The van der Waals surface area contributed by atoms with Gasteiger partial charge in [0.1, 0.15) is 16.5 Å². The molecular weight excluding hydrogens is 328 g/mol. The Morgan fingerprint density at radius 3 is 2.87 bits per heavy atom. The molecule has 0 aliphatic carbocycles. The molecule has 0 unspecified atom stereocenters. The average molecular weight is 344 g/mol. The fraction of sp³-hybridized carbons (Fsp3) is 0.176. The molecule has 1 aromatic carbocycles. The first kappa shape index (κ1) is 15.8. The summed E-state index contributed by atoms with van der Waals surface area (Å²) in [4.78, 5) is 16.5. The van der Waals surface area contributed by atoms with Crippen LogP contribution in [0, 0.1) is 0 Å². The lowest BCUT2D eigenvalue weighted by molar-refractivity contribution is 0.0952. The Morgan fingerprint density at radius 2 is 2.09 bits per heavy atom. The number of hydrogen-bond donors (Lipinski definition) is 1. The number of nitrogens with zero attached hydrogens (tertiary/aromatic N) is 1. The van der Waals surface area contributed by atoms with Crippen molar-refractivity contribution in [1.29, 1.82) is 0 Å². The second-order valence-corrected chi connectivity index (χ2v) is 6.76. The van der Waals surface area contributed by atoms with Crippen molar-refractivity contribution in [2.75, 3.05) is 12.3 Å². The van der Waals surface area contributed by atoms with Crippen LogP contribution in [0.1, 0.15) is 16.2 Å². The monoisotopic (exact) mass is 344 g/mol. The van der Waals surface area contributed by atoms with Crippen LogP contribution >= 0.6 is 23.1 Å². The van der Waals surface area contributed by atoms with E-state index < -0.39 is 0 Å². The van der Waals surface area contributed by atoms with Crippen molar-refractivity contribution >= 4 is 29.0 Å². The molecule has 0 spiro atoms. The molecule has 1 N–H and O–H groups in total. The van der Waals surface area contributed by atoms with Crippen molar-refractivity contribution in [3.8, 4) is 10.6 Å². The van der Waals surface area contributed by atoms with Gasteiger partial charge in [0.15, 0.2) is 0 Å². The van der Waals surface area contributed by atoms with Gasteiger partial charge in [0.2, 0.25) is 0 Å². The van der Waals surface area contributed by atoms with Crippen LogP contribution in [-0.4, -0.2) is 23.2 Å². The van der Waals surface area contributed by atoms with Gasteiger partial charge in [0.25, 0.3) is 5.91 Å². The molecule has 3 aromatic rings. The molecule has 0 saturated heterocycles. The molecule has 0 bridgehead atoms. The molecule has 2 heterocycles. The molecule has 0 aliphatic heterocycles. The van der Waals surface area contributed by atoms with Crippen LogP contribution in [0.3, 0.4) is 0 Å². The molecule has 1 amide bonds. The Morgan fingerprint density at radius 1 is 1.22 bits per heavy atom. The molecule has 0 saturated carbocycles. The van der Waals surface area contributed by atoms with E-state index in [1.165, 1.54) is 11.3 Å². The lowest BCUT2D eigenvalue weighted by Gasteiger charge is -2.02. The summed E-state index contributed by atoms with van der Waals surface area (Å²) in [6.45, 7) is 0.613. The molecular formula is C17H16N2O2S2. The summed E-state index contributed by atoms with van der Waals surface area (Å²) < 4.78 is 5.26. The Bertz CT molecular complexity index is 739. The van der Waals surface area contributed by atoms with Gasteiger partial charge in [-0.05, 0) is 12.1 Å². The number of benzene rings is 1. The van der Waals surface area contributed by atoms with E-state index in [1.54, 1.807) is 23.4 Å². The minimum absolute atomic E-state index is 0.123. The summed E-state index contributed by atoms with van der Waals surface area (Å²) in [5.74, 6) is 2.48. The Balaban J connectivity index is 1.44. The highest BCUT2D eigenvalue weighted by atomic mass is 32.2. The first-order valence-electron chi connectivity index (χ1n) is 7.22. The predicted octanol–water partition coefficient (Wildman–Crippen LogP) is 4.07. The van der Waals surface area contributed by atoms with Gasteiger partial charge in [-0.25, -0.2) is 4.98 Å². The van der Waals surface area contributed by atoms with Crippen LogP contribution in [-0.2, 0) is 5.75 Å². The summed E-state index contributed by atoms with van der Waals surface area (Å²) in [5, 5.41) is 5.56. The summed E-state index contributed by atoms with van der Waals surface area (Å²) in [6, 6.07) is 13.7. The van der Waals surface area contributed by atoms with Crippen LogP contribution in [0.5, 0.6) is 0 Å². The standard InChI is InChI=1S/C17H16N2O2S2/c20-16(18-8-10-22-11-14-7-4-9-21-14)15-12-23-17(19-15)13-5-2-1-3-6-13/h1-7,9,12H,8,10-11H2,(H,18,20). The number of thioether (sulfide) groups is 1. The molecule has 3 rings (SSSR count). The van der Waals surface area contributed by atoms with Crippen LogP contribution in [0.25, 0.3) is 10.6 Å². The number of carbonyl (C=O) groups excluding carboxylic acids is 1. The summed E-state index contributed by atoms with van der Waals surface area (Å²) in [6.07, 6.45) is 1.67. The van der Waals surface area contributed by atoms with Crippen molar-refractivity contribution in [2.24, 2.45) is 0 Å². The average Bonchev–Trinajstić information content (AvgIpc) is 3.27. The summed E-state index contributed by atoms with van der Waals surface area (Å²) >= 11 is 3.21. The Kier molecular flexibility index (Phi) is 5.50. The van der Waals surface area contributed by atoms with Crippen molar-refractivity contribution in [2.45, 2.75) is 5.75 Å². The molecule has 4 nitrogen and oxygen atoms in total. The number of carbonyl (C=O) groups is 1. The normalized spacial score (nSPS) is 10.6. The highest BCUT2D eigenvalue weighted by Crippen LogP contribution is 2.23. The van der Waals surface area contributed by atoms with E-state index in [1.807, 2.05) is 42.5 Å². The third-order valence-corrected chi connectivity index (χ3v) is 4.99. The maximum atomic E-state index is 12.1. The van der Waals surface area contributed by atoms with Crippen molar-refractivity contribution in [1.82, 2.24) is 10.3 Å². The molecule has 23 heavy (non-hydrogen) atoms. The van der Waals surface area contributed by atoms with Crippen LogP contribution in [0.4, 0.5) is 0 Å². The van der Waals surface area contributed by atoms with Gasteiger partial charge >= 0.3 is 0 Å². The van der Waals surface area contributed by atoms with E-state index in [-0.39, 0.29) is 5.91 Å². The first-order chi connectivity index (χ1) is 11.3. The summed E-state index contributed by atoms with van der Waals surface area (Å²) in [7, 11) is 0. The quantitative estimate of drug-likeness (QED) is 0.657. The van der Waals surface area contributed by atoms with E-state index >= 15 is 0 Å². The first-order valence-corrected chi connectivity index (χ1v) is 9.25. The highest BCUT2D eigenvalue weighted by molar-refractivity contribution is 7.98. The van der Waals surface area contributed by atoms with E-state index in [9.17, 15) is 4.79 Å². The molecule has 118 valence electrons. The van der Waals surface area contributed by atoms with Gasteiger partial charge in [0, 0.05) is 23.2 Å². The second-order valence-electron chi connectivity index (χ2n) is 4.79. The SMILES string of the molecule is O=C(NCCSCc1ccco1)c1csc(-c2ccccc2)n1. The highest BCUT2D eigenvalue weighted by Gasteiger charge is 2.11. The van der Waals surface area contributed by atoms with Gasteiger partial charge in [0.05, 0.1) is 12.0 Å². The number of amides is 1. The number of thiazole rings is 1. The number of aromatic nitrogens is 1. The number of hydrogen-bond acceptors (Lipinski definition) is 5. The van der Waals surface area contributed by atoms with Gasteiger partial charge in [-0.3, -0.25) is 4.79 Å². The van der Waals surface area contributed by atoms with Gasteiger partial charge < -0.3 is 9.73 Å². The summed E-state index contributed by atoms with van der Waals surface area (Å²) in [5.41, 5.74) is 1.51. The van der Waals surface area contributed by atoms with Crippen molar-refractivity contribution in [3.63, 3.8) is 0 Å². The molecule has 0 atom stereocenters. The molecule has 0 aliphatic rings. The number of furan rings is 1. The predicted molar refractivity (Wildman–Crippen MR) is 94.8 cm³/mol. The van der Waals surface area contributed by atoms with Crippen LogP contribution < -0.4 is 5.32 Å². The minimum Gasteiger partial charge on any atom is -0.468 e. The zero-order chi connectivity index (χ0) is 15.9. The fourth-order valence-electron chi connectivity index (χ4n) is 1.99. The molecule has 6 heteroatoms. The van der Waals surface area contributed by atoms with E-state index in [0.717, 1.165) is 27.8 Å². The zero-order valence-corrected chi connectivity index (χ0v) is 14.0. The topological polar surface area (TPSA) is 55.1 Å². The third kappa shape index (κ3) is 4.46. The fourth-order valence-corrected chi connectivity index (χ4v) is 3.55. The molecule has 0 fully saturated rings. The zero-order valence-electron chi connectivity index (χ0n) is 12.4. The molecule has 0 radical (unpaired) electrons. The number of nitrogens with one attached hydrogen (secondary N) is 1. The van der Waals surface area contributed by atoms with E-state index in [2.05, 4.69) is 10.3 Å². The maximum Gasteiger partial charge on any atom is 0.270 e. The lowest BCUT2D eigenvalue weighted by atomic mass is 10.2. The Hall–Kier alpha value is -2.05. The van der Waals surface area contributed by atoms with Crippen molar-refractivity contribution in [3.05, 3.63) is 65.6 Å². The molecule has 2 aromatic heterocycles.